The molecule has 21 heavy (non-hydrogen) atoms. The zero-order valence-corrected chi connectivity index (χ0v) is 13.7. The number of hydrogen-bond acceptors (Lipinski definition) is 5. The van der Waals surface area contributed by atoms with Crippen molar-refractivity contribution in [2.75, 3.05) is 37.4 Å². The molecule has 118 valence electrons. The highest BCUT2D eigenvalue weighted by Gasteiger charge is 2.28. The molecule has 0 saturated heterocycles. The second-order valence-electron chi connectivity index (χ2n) is 6.05. The molecule has 5 heteroatoms. The van der Waals surface area contributed by atoms with E-state index in [9.17, 15) is 0 Å². The molecule has 0 amide bonds. The average molecular weight is 292 g/mol. The van der Waals surface area contributed by atoms with E-state index in [-0.39, 0.29) is 0 Å². The third-order valence-electron chi connectivity index (χ3n) is 3.72. The van der Waals surface area contributed by atoms with Crippen molar-refractivity contribution in [2.24, 2.45) is 5.92 Å². The molecule has 0 aromatic carbocycles. The predicted octanol–water partition coefficient (Wildman–Crippen LogP) is 3.18. The van der Waals surface area contributed by atoms with Gasteiger partial charge in [-0.1, -0.05) is 13.8 Å². The van der Waals surface area contributed by atoms with Gasteiger partial charge in [-0.3, -0.25) is 0 Å². The van der Waals surface area contributed by atoms with E-state index in [1.807, 2.05) is 0 Å². The summed E-state index contributed by atoms with van der Waals surface area (Å²) in [5.41, 5.74) is 1.11. The fourth-order valence-electron chi connectivity index (χ4n) is 2.26. The number of nitrogens with zero attached hydrogens (tertiary/aromatic N) is 2. The van der Waals surface area contributed by atoms with E-state index in [1.165, 1.54) is 12.8 Å². The minimum absolute atomic E-state index is 0.459. The lowest BCUT2D eigenvalue weighted by molar-refractivity contribution is 0.164. The van der Waals surface area contributed by atoms with Crippen LogP contribution < -0.4 is 10.6 Å². The van der Waals surface area contributed by atoms with Gasteiger partial charge in [0.15, 0.2) is 0 Å². The van der Waals surface area contributed by atoms with E-state index in [0.29, 0.717) is 11.8 Å². The van der Waals surface area contributed by atoms with Gasteiger partial charge in [0.1, 0.15) is 17.5 Å². The van der Waals surface area contributed by atoms with Gasteiger partial charge in [-0.05, 0) is 32.1 Å². The largest absolute Gasteiger partial charge is 0.384 e. The Morgan fingerprint density at radius 3 is 2.48 bits per heavy atom. The summed E-state index contributed by atoms with van der Waals surface area (Å²) in [6.45, 7) is 8.98. The van der Waals surface area contributed by atoms with Gasteiger partial charge < -0.3 is 15.4 Å². The fourth-order valence-corrected chi connectivity index (χ4v) is 2.26. The lowest BCUT2D eigenvalue weighted by atomic mass is 10.2. The van der Waals surface area contributed by atoms with Crippen LogP contribution in [0.4, 0.5) is 11.6 Å². The number of ether oxygens (including phenoxy) is 1. The Hall–Kier alpha value is -1.36. The molecule has 1 aromatic rings. The molecule has 0 spiro atoms. The molecule has 1 heterocycles. The zero-order chi connectivity index (χ0) is 15.2. The van der Waals surface area contributed by atoms with Gasteiger partial charge in [-0.25, -0.2) is 9.97 Å². The molecule has 0 bridgehead atoms. The first-order valence-corrected chi connectivity index (χ1v) is 8.00. The standard InChI is InChI=1S/C16H28N4O/c1-5-8-17-14-12(3)15(18-9-11(2)10-21-4)20-16(19-14)13-6-7-13/h11,13H,5-10H2,1-4H3,(H2,17,18,19,20). The fraction of sp³-hybridized carbons (Fsp3) is 0.750. The Morgan fingerprint density at radius 2 is 1.90 bits per heavy atom. The van der Waals surface area contributed by atoms with Gasteiger partial charge in [0, 0.05) is 31.7 Å². The first-order chi connectivity index (χ1) is 10.2. The lowest BCUT2D eigenvalue weighted by Gasteiger charge is -2.17. The Labute approximate surface area is 127 Å². The van der Waals surface area contributed by atoms with Gasteiger partial charge in [-0.2, -0.15) is 0 Å². The zero-order valence-electron chi connectivity index (χ0n) is 13.7. The molecule has 1 atom stereocenters. The molecule has 5 nitrogen and oxygen atoms in total. The van der Waals surface area contributed by atoms with Gasteiger partial charge in [0.05, 0.1) is 6.61 Å². The first-order valence-electron chi connectivity index (χ1n) is 8.00. The van der Waals surface area contributed by atoms with Gasteiger partial charge in [0.2, 0.25) is 0 Å². The molecule has 0 aliphatic heterocycles. The molecule has 2 N–H and O–H groups in total. The number of aromatic nitrogens is 2. The highest BCUT2D eigenvalue weighted by molar-refractivity contribution is 5.57. The maximum absolute atomic E-state index is 5.19. The van der Waals surface area contributed by atoms with Crippen LogP contribution in [0.5, 0.6) is 0 Å². The van der Waals surface area contributed by atoms with Crippen LogP contribution in [0.25, 0.3) is 0 Å². The van der Waals surface area contributed by atoms with Crippen molar-refractivity contribution in [3.05, 3.63) is 11.4 Å². The summed E-state index contributed by atoms with van der Waals surface area (Å²) in [4.78, 5) is 9.44. The molecule has 1 saturated carbocycles. The summed E-state index contributed by atoms with van der Waals surface area (Å²) < 4.78 is 5.19. The summed E-state index contributed by atoms with van der Waals surface area (Å²) in [6, 6.07) is 0. The van der Waals surface area contributed by atoms with E-state index in [0.717, 1.165) is 49.1 Å². The lowest BCUT2D eigenvalue weighted by Crippen LogP contribution is -2.18. The summed E-state index contributed by atoms with van der Waals surface area (Å²) in [5, 5.41) is 6.89. The third-order valence-corrected chi connectivity index (χ3v) is 3.72. The first kappa shape index (κ1) is 16.0. The SMILES string of the molecule is CCCNc1nc(C2CC2)nc(NCC(C)COC)c1C. The van der Waals surface area contributed by atoms with Crippen LogP contribution in [0.1, 0.15) is 50.4 Å². The maximum atomic E-state index is 5.19. The van der Waals surface area contributed by atoms with Crippen LogP contribution >= 0.6 is 0 Å². The van der Waals surface area contributed by atoms with Crippen LogP contribution in [0.15, 0.2) is 0 Å². The Bertz CT molecular complexity index is 460. The van der Waals surface area contributed by atoms with Crippen LogP contribution in [-0.2, 0) is 4.74 Å². The molecule has 1 fully saturated rings. The van der Waals surface area contributed by atoms with Crippen molar-refractivity contribution in [3.63, 3.8) is 0 Å². The van der Waals surface area contributed by atoms with E-state index in [2.05, 4.69) is 31.4 Å². The van der Waals surface area contributed by atoms with Crippen molar-refractivity contribution < 1.29 is 4.74 Å². The monoisotopic (exact) mass is 292 g/mol. The highest BCUT2D eigenvalue weighted by Crippen LogP contribution is 2.39. The van der Waals surface area contributed by atoms with Crippen molar-refractivity contribution in [2.45, 2.75) is 46.0 Å². The molecule has 2 rings (SSSR count). The second-order valence-corrected chi connectivity index (χ2v) is 6.05. The summed E-state index contributed by atoms with van der Waals surface area (Å²) in [6.07, 6.45) is 3.53. The number of rotatable bonds is 9. The number of nitrogens with one attached hydrogen (secondary N) is 2. The summed E-state index contributed by atoms with van der Waals surface area (Å²) in [5.74, 6) is 3.95. The molecule has 1 aromatic heterocycles. The van der Waals surface area contributed by atoms with Gasteiger partial charge in [0.25, 0.3) is 0 Å². The van der Waals surface area contributed by atoms with Crippen molar-refractivity contribution >= 4 is 11.6 Å². The van der Waals surface area contributed by atoms with E-state index < -0.39 is 0 Å². The maximum Gasteiger partial charge on any atom is 0.136 e. The Morgan fingerprint density at radius 1 is 1.24 bits per heavy atom. The van der Waals surface area contributed by atoms with Crippen LogP contribution in [0.3, 0.4) is 0 Å². The molecular formula is C16H28N4O. The molecule has 1 aliphatic carbocycles. The molecular weight excluding hydrogens is 264 g/mol. The summed E-state index contributed by atoms with van der Waals surface area (Å²) >= 11 is 0. The summed E-state index contributed by atoms with van der Waals surface area (Å²) in [7, 11) is 1.74. The van der Waals surface area contributed by atoms with E-state index in [1.54, 1.807) is 7.11 Å². The normalized spacial score (nSPS) is 15.8. The van der Waals surface area contributed by atoms with Crippen LogP contribution in [0, 0.1) is 12.8 Å². The van der Waals surface area contributed by atoms with E-state index in [4.69, 9.17) is 14.7 Å². The Balaban J connectivity index is 2.11. The minimum atomic E-state index is 0.459. The van der Waals surface area contributed by atoms with Crippen molar-refractivity contribution in [3.8, 4) is 0 Å². The second kappa shape index (κ2) is 7.59. The number of anilines is 2. The number of methoxy groups -OCH3 is 1. The Kier molecular flexibility index (Phi) is 5.79. The van der Waals surface area contributed by atoms with Crippen LogP contribution in [0.2, 0.25) is 0 Å². The molecule has 0 radical (unpaired) electrons. The van der Waals surface area contributed by atoms with Gasteiger partial charge in [-0.15, -0.1) is 0 Å². The third kappa shape index (κ3) is 4.56. The quantitative estimate of drug-likeness (QED) is 0.732. The molecule has 1 aliphatic rings. The van der Waals surface area contributed by atoms with E-state index >= 15 is 0 Å². The van der Waals surface area contributed by atoms with Crippen molar-refractivity contribution in [1.82, 2.24) is 9.97 Å². The van der Waals surface area contributed by atoms with Gasteiger partial charge >= 0.3 is 0 Å². The topological polar surface area (TPSA) is 59.1 Å². The van der Waals surface area contributed by atoms with Crippen molar-refractivity contribution in [1.29, 1.82) is 0 Å². The highest BCUT2D eigenvalue weighted by atomic mass is 16.5. The minimum Gasteiger partial charge on any atom is -0.384 e. The van der Waals surface area contributed by atoms with Crippen LogP contribution in [-0.4, -0.2) is 36.8 Å². The number of hydrogen-bond donors (Lipinski definition) is 2. The predicted molar refractivity (Wildman–Crippen MR) is 87.1 cm³/mol. The molecule has 1 unspecified atom stereocenters. The average Bonchev–Trinajstić information content (AvgIpc) is 3.30. The smallest absolute Gasteiger partial charge is 0.136 e.